The highest BCUT2D eigenvalue weighted by atomic mass is 32.2. The smallest absolute Gasteiger partial charge is 0.241 e. The van der Waals surface area contributed by atoms with Crippen LogP contribution in [0.4, 0.5) is 10.2 Å². The number of rotatable bonds is 5. The molecule has 0 unspecified atom stereocenters. The third-order valence-corrected chi connectivity index (χ3v) is 6.11. The van der Waals surface area contributed by atoms with E-state index in [-0.39, 0.29) is 11.4 Å². The van der Waals surface area contributed by atoms with Gasteiger partial charge in [0.25, 0.3) is 0 Å². The molecule has 3 rings (SSSR count). The summed E-state index contributed by atoms with van der Waals surface area (Å²) in [5.41, 5.74) is 1.30. The molecule has 1 aromatic carbocycles. The summed E-state index contributed by atoms with van der Waals surface area (Å²) in [6.45, 7) is 5.31. The van der Waals surface area contributed by atoms with Crippen LogP contribution in [0.5, 0.6) is 0 Å². The molecule has 0 bridgehead atoms. The molecule has 26 heavy (non-hydrogen) atoms. The highest BCUT2D eigenvalue weighted by molar-refractivity contribution is 7.89. The van der Waals surface area contributed by atoms with Crippen molar-refractivity contribution in [2.24, 2.45) is 0 Å². The molecule has 0 saturated carbocycles. The Morgan fingerprint density at radius 2 is 1.92 bits per heavy atom. The average molecular weight is 378 g/mol. The fourth-order valence-electron chi connectivity index (χ4n) is 2.99. The van der Waals surface area contributed by atoms with Crippen molar-refractivity contribution in [2.45, 2.75) is 18.4 Å². The van der Waals surface area contributed by atoms with Gasteiger partial charge >= 0.3 is 0 Å². The van der Waals surface area contributed by atoms with Crippen molar-refractivity contribution in [3.63, 3.8) is 0 Å². The second-order valence-electron chi connectivity index (χ2n) is 6.51. The minimum absolute atomic E-state index is 0.0393. The zero-order valence-corrected chi connectivity index (χ0v) is 15.8. The van der Waals surface area contributed by atoms with E-state index in [1.807, 2.05) is 6.07 Å². The SMILES string of the molecule is Cc1ccc(F)cc1S(=O)(=O)NCc1cccnc1N1CCN(C)CC1. The second-order valence-corrected chi connectivity index (χ2v) is 8.25. The Morgan fingerprint density at radius 3 is 2.65 bits per heavy atom. The van der Waals surface area contributed by atoms with Gasteiger partial charge in [0.05, 0.1) is 4.90 Å². The third-order valence-electron chi connectivity index (χ3n) is 4.56. The van der Waals surface area contributed by atoms with E-state index in [0.29, 0.717) is 5.56 Å². The van der Waals surface area contributed by atoms with E-state index in [1.54, 1.807) is 19.2 Å². The van der Waals surface area contributed by atoms with Gasteiger partial charge in [-0.1, -0.05) is 12.1 Å². The van der Waals surface area contributed by atoms with Gasteiger partial charge in [-0.25, -0.2) is 22.5 Å². The van der Waals surface area contributed by atoms with Gasteiger partial charge in [-0.15, -0.1) is 0 Å². The molecule has 0 radical (unpaired) electrons. The minimum Gasteiger partial charge on any atom is -0.354 e. The maximum atomic E-state index is 13.5. The number of nitrogens with one attached hydrogen (secondary N) is 1. The van der Waals surface area contributed by atoms with E-state index >= 15 is 0 Å². The van der Waals surface area contributed by atoms with Crippen molar-refractivity contribution in [3.8, 4) is 0 Å². The number of nitrogens with zero attached hydrogens (tertiary/aromatic N) is 3. The van der Waals surface area contributed by atoms with Crippen LogP contribution in [0.25, 0.3) is 0 Å². The molecular weight excluding hydrogens is 355 g/mol. The van der Waals surface area contributed by atoms with Gasteiger partial charge in [0.1, 0.15) is 11.6 Å². The first-order valence-corrected chi connectivity index (χ1v) is 9.98. The lowest BCUT2D eigenvalue weighted by molar-refractivity contribution is 0.312. The second kappa shape index (κ2) is 7.69. The number of aryl methyl sites for hydroxylation is 1. The van der Waals surface area contributed by atoms with Gasteiger partial charge in [-0.05, 0) is 37.7 Å². The number of likely N-dealkylation sites (N-methyl/N-ethyl adjacent to an activating group) is 1. The van der Waals surface area contributed by atoms with E-state index < -0.39 is 15.8 Å². The van der Waals surface area contributed by atoms with Crippen molar-refractivity contribution >= 4 is 15.8 Å². The normalized spacial score (nSPS) is 16.0. The van der Waals surface area contributed by atoms with Crippen LogP contribution in [0, 0.1) is 12.7 Å². The Bertz CT molecular complexity index is 881. The summed E-state index contributed by atoms with van der Waals surface area (Å²) in [4.78, 5) is 8.81. The van der Waals surface area contributed by atoms with E-state index in [9.17, 15) is 12.8 Å². The zero-order valence-electron chi connectivity index (χ0n) is 14.9. The van der Waals surface area contributed by atoms with Gasteiger partial charge in [-0.3, -0.25) is 0 Å². The number of anilines is 1. The maximum absolute atomic E-state index is 13.5. The number of benzene rings is 1. The van der Waals surface area contributed by atoms with Crippen LogP contribution in [0.2, 0.25) is 0 Å². The zero-order chi connectivity index (χ0) is 18.7. The van der Waals surface area contributed by atoms with Crippen molar-refractivity contribution < 1.29 is 12.8 Å². The summed E-state index contributed by atoms with van der Waals surface area (Å²) in [6, 6.07) is 7.41. The summed E-state index contributed by atoms with van der Waals surface area (Å²) < 4.78 is 41.2. The molecule has 2 aromatic rings. The fourth-order valence-corrected chi connectivity index (χ4v) is 4.25. The molecule has 6 nitrogen and oxygen atoms in total. The van der Waals surface area contributed by atoms with Crippen molar-refractivity contribution in [1.82, 2.24) is 14.6 Å². The number of piperazine rings is 1. The Hall–Kier alpha value is -2.03. The Labute approximate surface area is 153 Å². The third kappa shape index (κ3) is 4.20. The summed E-state index contributed by atoms with van der Waals surface area (Å²) in [5.74, 6) is 0.217. The molecule has 1 fully saturated rings. The number of aromatic nitrogens is 1. The first kappa shape index (κ1) is 18.8. The number of sulfonamides is 1. The van der Waals surface area contributed by atoms with E-state index in [2.05, 4.69) is 26.6 Å². The van der Waals surface area contributed by atoms with E-state index in [4.69, 9.17) is 0 Å². The van der Waals surface area contributed by atoms with Gasteiger partial charge in [0.2, 0.25) is 10.0 Å². The molecule has 0 aliphatic carbocycles. The van der Waals surface area contributed by atoms with Crippen LogP contribution in [0.15, 0.2) is 41.4 Å². The van der Waals surface area contributed by atoms with E-state index in [0.717, 1.165) is 43.6 Å². The Balaban J connectivity index is 1.78. The summed E-state index contributed by atoms with van der Waals surface area (Å²) in [6.07, 6.45) is 1.71. The molecule has 1 aliphatic heterocycles. The molecule has 8 heteroatoms. The Kier molecular flexibility index (Phi) is 5.55. The molecule has 1 N–H and O–H groups in total. The quantitative estimate of drug-likeness (QED) is 0.859. The standard InChI is InChI=1S/C18H23FN4O2S/c1-14-5-6-16(19)12-17(14)26(24,25)21-13-15-4-3-7-20-18(15)23-10-8-22(2)9-11-23/h3-7,12,21H,8-11,13H2,1-2H3. The molecular formula is C18H23FN4O2S. The molecule has 0 atom stereocenters. The van der Waals surface area contributed by atoms with Crippen LogP contribution in [0.3, 0.4) is 0 Å². The number of hydrogen-bond acceptors (Lipinski definition) is 5. The van der Waals surface area contributed by atoms with E-state index in [1.165, 1.54) is 12.1 Å². The van der Waals surface area contributed by atoms with Crippen LogP contribution in [-0.4, -0.2) is 51.5 Å². The minimum atomic E-state index is -3.81. The van der Waals surface area contributed by atoms with Crippen LogP contribution in [0.1, 0.15) is 11.1 Å². The fraction of sp³-hybridized carbons (Fsp3) is 0.389. The first-order chi connectivity index (χ1) is 12.4. The summed E-state index contributed by atoms with van der Waals surface area (Å²) in [5, 5.41) is 0. The molecule has 140 valence electrons. The molecule has 0 spiro atoms. The molecule has 1 saturated heterocycles. The maximum Gasteiger partial charge on any atom is 0.241 e. The highest BCUT2D eigenvalue weighted by Crippen LogP contribution is 2.21. The van der Waals surface area contributed by atoms with Gasteiger partial charge < -0.3 is 9.80 Å². The van der Waals surface area contributed by atoms with Crippen LogP contribution >= 0.6 is 0 Å². The highest BCUT2D eigenvalue weighted by Gasteiger charge is 2.21. The molecule has 1 aliphatic rings. The number of pyridine rings is 1. The molecule has 0 amide bonds. The summed E-state index contributed by atoms with van der Waals surface area (Å²) >= 11 is 0. The average Bonchev–Trinajstić information content (AvgIpc) is 2.63. The monoisotopic (exact) mass is 378 g/mol. The predicted octanol–water partition coefficient (Wildman–Crippen LogP) is 1.76. The molecule has 1 aromatic heterocycles. The van der Waals surface area contributed by atoms with Crippen molar-refractivity contribution in [2.75, 3.05) is 38.1 Å². The lowest BCUT2D eigenvalue weighted by atomic mass is 10.2. The predicted molar refractivity (Wildman–Crippen MR) is 99.1 cm³/mol. The van der Waals surface area contributed by atoms with Gasteiger partial charge in [-0.2, -0.15) is 0 Å². The van der Waals surface area contributed by atoms with Crippen molar-refractivity contribution in [3.05, 3.63) is 53.5 Å². The van der Waals surface area contributed by atoms with Crippen LogP contribution in [-0.2, 0) is 16.6 Å². The first-order valence-electron chi connectivity index (χ1n) is 8.50. The Morgan fingerprint density at radius 1 is 1.19 bits per heavy atom. The summed E-state index contributed by atoms with van der Waals surface area (Å²) in [7, 11) is -1.74. The number of halogens is 1. The lowest BCUT2D eigenvalue weighted by Crippen LogP contribution is -2.45. The topological polar surface area (TPSA) is 65.5 Å². The van der Waals surface area contributed by atoms with Gasteiger partial charge in [0, 0.05) is 44.5 Å². The number of hydrogen-bond donors (Lipinski definition) is 1. The van der Waals surface area contributed by atoms with Crippen LogP contribution < -0.4 is 9.62 Å². The molecule has 2 heterocycles. The van der Waals surface area contributed by atoms with Crippen molar-refractivity contribution in [1.29, 1.82) is 0 Å². The largest absolute Gasteiger partial charge is 0.354 e. The van der Waals surface area contributed by atoms with Gasteiger partial charge in [0.15, 0.2) is 0 Å². The lowest BCUT2D eigenvalue weighted by Gasteiger charge is -2.34.